The average Bonchev–Trinajstić information content (AvgIpc) is 3.11. The number of halogens is 1. The fraction of sp³-hybridized carbons (Fsp3) is 0.348. The Hall–Kier alpha value is -2.50. The quantitative estimate of drug-likeness (QED) is 0.645. The zero-order chi connectivity index (χ0) is 19.7. The van der Waals surface area contributed by atoms with Gasteiger partial charge in [0.05, 0.1) is 0 Å². The second kappa shape index (κ2) is 7.86. The molecule has 0 radical (unpaired) electrons. The maximum absolute atomic E-state index is 13.6. The Bertz CT molecular complexity index is 949. The molecule has 0 fully saturated rings. The van der Waals surface area contributed by atoms with Gasteiger partial charge in [-0.25, -0.2) is 4.39 Å². The maximum atomic E-state index is 13.6. The van der Waals surface area contributed by atoms with Crippen LogP contribution >= 0.6 is 0 Å². The standard InChI is InChI=1S/C23H26FN3O/c1-16(26(2)3)18-9-7-17(8-10-18)14-27-12-11-22-21(15-27)23(25-28-22)19-5-4-6-20(24)13-19/h4-10,13,16H,11-12,14-15H2,1-3H3. The van der Waals surface area contributed by atoms with Crippen LogP contribution in [0.25, 0.3) is 11.3 Å². The van der Waals surface area contributed by atoms with Crippen molar-refractivity contribution in [2.24, 2.45) is 0 Å². The first-order chi connectivity index (χ1) is 13.5. The van der Waals surface area contributed by atoms with E-state index < -0.39 is 0 Å². The van der Waals surface area contributed by atoms with Crippen molar-refractivity contribution < 1.29 is 8.91 Å². The van der Waals surface area contributed by atoms with Crippen LogP contribution in [0, 0.1) is 5.82 Å². The summed E-state index contributed by atoms with van der Waals surface area (Å²) >= 11 is 0. The Morgan fingerprint density at radius 2 is 1.96 bits per heavy atom. The smallest absolute Gasteiger partial charge is 0.143 e. The largest absolute Gasteiger partial charge is 0.360 e. The first-order valence-corrected chi connectivity index (χ1v) is 9.72. The topological polar surface area (TPSA) is 32.5 Å². The van der Waals surface area contributed by atoms with Gasteiger partial charge in [0.25, 0.3) is 0 Å². The van der Waals surface area contributed by atoms with Crippen molar-refractivity contribution in [1.82, 2.24) is 15.0 Å². The molecule has 4 nitrogen and oxygen atoms in total. The number of rotatable bonds is 5. The Balaban J connectivity index is 1.49. The third kappa shape index (κ3) is 3.86. The molecule has 1 aliphatic rings. The predicted molar refractivity (Wildman–Crippen MR) is 108 cm³/mol. The lowest BCUT2D eigenvalue weighted by Gasteiger charge is -2.26. The van der Waals surface area contributed by atoms with E-state index in [2.05, 4.69) is 60.2 Å². The van der Waals surface area contributed by atoms with Crippen LogP contribution in [0.1, 0.15) is 35.4 Å². The van der Waals surface area contributed by atoms with Crippen molar-refractivity contribution in [2.75, 3.05) is 20.6 Å². The molecule has 0 N–H and O–H groups in total. The monoisotopic (exact) mass is 379 g/mol. The Morgan fingerprint density at radius 1 is 1.18 bits per heavy atom. The van der Waals surface area contributed by atoms with Crippen molar-refractivity contribution in [3.05, 3.63) is 76.8 Å². The van der Waals surface area contributed by atoms with Crippen molar-refractivity contribution in [2.45, 2.75) is 32.5 Å². The highest BCUT2D eigenvalue weighted by molar-refractivity contribution is 5.63. The van der Waals surface area contributed by atoms with E-state index in [4.69, 9.17) is 4.52 Å². The van der Waals surface area contributed by atoms with Crippen LogP contribution in [0.3, 0.4) is 0 Å². The molecule has 2 heterocycles. The summed E-state index contributed by atoms with van der Waals surface area (Å²) in [6, 6.07) is 15.8. The van der Waals surface area contributed by atoms with Gasteiger partial charge in [0, 0.05) is 43.2 Å². The molecular formula is C23H26FN3O. The molecule has 0 amide bonds. The lowest BCUT2D eigenvalue weighted by molar-refractivity contribution is 0.228. The first kappa shape index (κ1) is 18.8. The molecule has 1 aromatic heterocycles. The molecule has 2 aromatic carbocycles. The molecule has 0 spiro atoms. The zero-order valence-corrected chi connectivity index (χ0v) is 16.7. The van der Waals surface area contributed by atoms with E-state index in [0.717, 1.165) is 48.6 Å². The van der Waals surface area contributed by atoms with E-state index >= 15 is 0 Å². The minimum atomic E-state index is -0.256. The van der Waals surface area contributed by atoms with Gasteiger partial charge in [0.2, 0.25) is 0 Å². The van der Waals surface area contributed by atoms with E-state index in [0.29, 0.717) is 6.04 Å². The van der Waals surface area contributed by atoms with Crippen molar-refractivity contribution in [1.29, 1.82) is 0 Å². The number of hydrogen-bond donors (Lipinski definition) is 0. The van der Waals surface area contributed by atoms with Crippen molar-refractivity contribution in [3.63, 3.8) is 0 Å². The fourth-order valence-corrected chi connectivity index (χ4v) is 3.72. The minimum absolute atomic E-state index is 0.256. The molecule has 5 heteroatoms. The minimum Gasteiger partial charge on any atom is -0.360 e. The number of fused-ring (bicyclic) bond motifs is 1. The lowest BCUT2D eigenvalue weighted by atomic mass is 10.0. The lowest BCUT2D eigenvalue weighted by Crippen LogP contribution is -2.29. The highest BCUT2D eigenvalue weighted by Crippen LogP contribution is 2.31. The van der Waals surface area contributed by atoms with Crippen LogP contribution < -0.4 is 0 Å². The highest BCUT2D eigenvalue weighted by Gasteiger charge is 2.25. The van der Waals surface area contributed by atoms with Gasteiger partial charge in [0.1, 0.15) is 17.3 Å². The molecule has 0 saturated carbocycles. The second-order valence-electron chi connectivity index (χ2n) is 7.79. The molecule has 1 atom stereocenters. The Kier molecular flexibility index (Phi) is 5.29. The number of benzene rings is 2. The molecule has 3 aromatic rings. The molecule has 0 saturated heterocycles. The van der Waals surface area contributed by atoms with Crippen LogP contribution in [-0.4, -0.2) is 35.6 Å². The summed E-state index contributed by atoms with van der Waals surface area (Å²) in [6.07, 6.45) is 0.827. The SMILES string of the molecule is CC(c1ccc(CN2CCc3onc(-c4cccc(F)c4)c3C2)cc1)N(C)C. The molecule has 1 unspecified atom stereocenters. The van der Waals surface area contributed by atoms with Gasteiger partial charge >= 0.3 is 0 Å². The molecule has 28 heavy (non-hydrogen) atoms. The van der Waals surface area contributed by atoms with Crippen molar-refractivity contribution in [3.8, 4) is 11.3 Å². The summed E-state index contributed by atoms with van der Waals surface area (Å²) in [6.45, 7) is 4.78. The normalized spacial score (nSPS) is 15.6. The van der Waals surface area contributed by atoms with Gasteiger partial charge in [-0.3, -0.25) is 4.90 Å². The van der Waals surface area contributed by atoms with E-state index in [1.165, 1.54) is 23.3 Å². The molecule has 1 aliphatic heterocycles. The third-order valence-electron chi connectivity index (χ3n) is 5.65. The number of hydrogen-bond acceptors (Lipinski definition) is 4. The maximum Gasteiger partial charge on any atom is 0.143 e. The number of aromatic nitrogens is 1. The van der Waals surface area contributed by atoms with Gasteiger partial charge in [0.15, 0.2) is 0 Å². The summed E-state index contributed by atoms with van der Waals surface area (Å²) in [5, 5.41) is 4.23. The van der Waals surface area contributed by atoms with Gasteiger partial charge in [-0.1, -0.05) is 41.6 Å². The molecular weight excluding hydrogens is 353 g/mol. The summed E-state index contributed by atoms with van der Waals surface area (Å²) in [7, 11) is 4.19. The summed E-state index contributed by atoms with van der Waals surface area (Å²) < 4.78 is 19.2. The van der Waals surface area contributed by atoms with E-state index in [9.17, 15) is 4.39 Å². The van der Waals surface area contributed by atoms with Crippen LogP contribution in [0.2, 0.25) is 0 Å². The van der Waals surface area contributed by atoms with E-state index in [1.54, 1.807) is 6.07 Å². The van der Waals surface area contributed by atoms with Crippen LogP contribution in [0.4, 0.5) is 4.39 Å². The zero-order valence-electron chi connectivity index (χ0n) is 16.7. The van der Waals surface area contributed by atoms with Crippen molar-refractivity contribution >= 4 is 0 Å². The first-order valence-electron chi connectivity index (χ1n) is 9.72. The fourth-order valence-electron chi connectivity index (χ4n) is 3.72. The van der Waals surface area contributed by atoms with Gasteiger partial charge < -0.3 is 9.42 Å². The van der Waals surface area contributed by atoms with Crippen LogP contribution in [-0.2, 0) is 19.5 Å². The van der Waals surface area contributed by atoms with Gasteiger partial charge in [-0.15, -0.1) is 0 Å². The molecule has 4 rings (SSSR count). The van der Waals surface area contributed by atoms with Gasteiger partial charge in [-0.2, -0.15) is 0 Å². The van der Waals surface area contributed by atoms with E-state index in [-0.39, 0.29) is 5.82 Å². The highest BCUT2D eigenvalue weighted by atomic mass is 19.1. The molecule has 0 bridgehead atoms. The summed E-state index contributed by atoms with van der Waals surface area (Å²) in [4.78, 5) is 4.60. The third-order valence-corrected chi connectivity index (χ3v) is 5.65. The predicted octanol–water partition coefficient (Wildman–Crippen LogP) is 4.66. The van der Waals surface area contributed by atoms with Crippen LogP contribution in [0.5, 0.6) is 0 Å². The van der Waals surface area contributed by atoms with Gasteiger partial charge in [-0.05, 0) is 44.3 Å². The Morgan fingerprint density at radius 3 is 2.68 bits per heavy atom. The number of nitrogens with zero attached hydrogens (tertiary/aromatic N) is 3. The van der Waals surface area contributed by atoms with E-state index in [1.807, 2.05) is 6.07 Å². The summed E-state index contributed by atoms with van der Waals surface area (Å²) in [5.74, 6) is 0.666. The summed E-state index contributed by atoms with van der Waals surface area (Å²) in [5.41, 5.74) is 5.22. The van der Waals surface area contributed by atoms with Crippen LogP contribution in [0.15, 0.2) is 53.1 Å². The molecule has 0 aliphatic carbocycles. The Labute approximate surface area is 165 Å². The molecule has 146 valence electrons. The average molecular weight is 379 g/mol. The second-order valence-corrected chi connectivity index (χ2v) is 7.79.